The molecule has 0 unspecified atom stereocenters. The number of nitrogens with one attached hydrogen (secondary N) is 1. The second-order valence-electron chi connectivity index (χ2n) is 6.63. The number of hydrogen-bond donors (Lipinski definition) is 2. The summed E-state index contributed by atoms with van der Waals surface area (Å²) in [6, 6.07) is 15.0. The number of hydrogen-bond acceptors (Lipinski definition) is 2. The van der Waals surface area contributed by atoms with Crippen molar-refractivity contribution in [3.8, 4) is 0 Å². The Morgan fingerprint density at radius 2 is 1.84 bits per heavy atom. The van der Waals surface area contributed by atoms with Gasteiger partial charge in [-0.25, -0.2) is 9.18 Å². The van der Waals surface area contributed by atoms with Crippen molar-refractivity contribution < 1.29 is 9.18 Å². The van der Waals surface area contributed by atoms with E-state index in [0.29, 0.717) is 18.0 Å². The number of amides is 2. The Hall–Kier alpha value is -2.56. The fourth-order valence-electron chi connectivity index (χ4n) is 3.26. The summed E-state index contributed by atoms with van der Waals surface area (Å²) in [5.74, 6) is 0.172. The highest BCUT2D eigenvalue weighted by molar-refractivity contribution is 5.74. The Morgan fingerprint density at radius 3 is 2.52 bits per heavy atom. The predicted octanol–water partition coefficient (Wildman–Crippen LogP) is 3.57. The molecule has 132 valence electrons. The number of piperidine rings is 1. The number of nitrogens with zero attached hydrogens (tertiary/aromatic N) is 1. The van der Waals surface area contributed by atoms with Gasteiger partial charge in [0.1, 0.15) is 5.82 Å². The molecule has 1 heterocycles. The molecule has 4 nitrogen and oxygen atoms in total. The number of halogens is 1. The van der Waals surface area contributed by atoms with Gasteiger partial charge >= 0.3 is 6.03 Å². The quantitative estimate of drug-likeness (QED) is 0.835. The van der Waals surface area contributed by atoms with E-state index < -0.39 is 5.82 Å². The number of carbonyl (C=O) groups is 1. The van der Waals surface area contributed by atoms with E-state index >= 15 is 0 Å². The SMILES string of the molecule is Nc1ccc(CNC(=O)N2CCC(Cc3ccccc3)CC2)cc1F. The van der Waals surface area contributed by atoms with Gasteiger partial charge in [-0.1, -0.05) is 36.4 Å². The summed E-state index contributed by atoms with van der Waals surface area (Å²) in [5.41, 5.74) is 7.64. The molecule has 1 aliphatic heterocycles. The molecular formula is C20H24FN3O. The minimum absolute atomic E-state index is 0.0876. The standard InChI is InChI=1S/C20H24FN3O/c21-18-13-17(6-7-19(18)22)14-23-20(25)24-10-8-16(9-11-24)12-15-4-2-1-3-5-15/h1-7,13,16H,8-12,14,22H2,(H,23,25). The summed E-state index contributed by atoms with van der Waals surface area (Å²) in [5, 5.41) is 2.86. The van der Waals surface area contributed by atoms with Gasteiger partial charge in [0.25, 0.3) is 0 Å². The molecule has 5 heteroatoms. The van der Waals surface area contributed by atoms with Crippen LogP contribution in [0, 0.1) is 11.7 Å². The third-order valence-corrected chi connectivity index (χ3v) is 4.78. The highest BCUT2D eigenvalue weighted by Crippen LogP contribution is 2.21. The van der Waals surface area contributed by atoms with Crippen LogP contribution in [0.25, 0.3) is 0 Å². The lowest BCUT2D eigenvalue weighted by Crippen LogP contribution is -2.44. The Labute approximate surface area is 147 Å². The summed E-state index contributed by atoms with van der Waals surface area (Å²) in [6.07, 6.45) is 3.10. The van der Waals surface area contributed by atoms with Crippen molar-refractivity contribution in [3.05, 3.63) is 65.5 Å². The van der Waals surface area contributed by atoms with E-state index in [2.05, 4.69) is 29.6 Å². The number of benzene rings is 2. The molecule has 3 N–H and O–H groups in total. The molecule has 1 saturated heterocycles. The van der Waals surface area contributed by atoms with Crippen LogP contribution in [0.2, 0.25) is 0 Å². The molecule has 0 aromatic heterocycles. The van der Waals surface area contributed by atoms with Crippen LogP contribution in [-0.2, 0) is 13.0 Å². The Bertz CT molecular complexity index is 712. The first-order chi connectivity index (χ1) is 12.1. The van der Waals surface area contributed by atoms with Crippen molar-refractivity contribution in [3.63, 3.8) is 0 Å². The summed E-state index contributed by atoms with van der Waals surface area (Å²) in [7, 11) is 0. The lowest BCUT2D eigenvalue weighted by atomic mass is 9.90. The van der Waals surface area contributed by atoms with Gasteiger partial charge in [0.05, 0.1) is 5.69 Å². The van der Waals surface area contributed by atoms with E-state index in [1.165, 1.54) is 17.7 Å². The van der Waals surface area contributed by atoms with E-state index in [4.69, 9.17) is 5.73 Å². The van der Waals surface area contributed by atoms with Crippen molar-refractivity contribution >= 4 is 11.7 Å². The first kappa shape index (κ1) is 17.3. The average molecular weight is 341 g/mol. The number of carbonyl (C=O) groups excluding carboxylic acids is 1. The van der Waals surface area contributed by atoms with E-state index in [1.54, 1.807) is 6.07 Å². The molecular weight excluding hydrogens is 317 g/mol. The van der Waals surface area contributed by atoms with Crippen LogP contribution in [-0.4, -0.2) is 24.0 Å². The van der Waals surface area contributed by atoms with Gasteiger partial charge in [-0.15, -0.1) is 0 Å². The molecule has 0 aliphatic carbocycles. The minimum atomic E-state index is -0.450. The average Bonchev–Trinajstić information content (AvgIpc) is 2.64. The molecule has 0 atom stereocenters. The molecule has 0 spiro atoms. The fraction of sp³-hybridized carbons (Fsp3) is 0.350. The van der Waals surface area contributed by atoms with E-state index in [-0.39, 0.29) is 11.7 Å². The van der Waals surface area contributed by atoms with Gasteiger partial charge in [0.2, 0.25) is 0 Å². The maximum Gasteiger partial charge on any atom is 0.317 e. The second kappa shape index (κ2) is 8.01. The topological polar surface area (TPSA) is 58.4 Å². The van der Waals surface area contributed by atoms with Crippen LogP contribution in [0.15, 0.2) is 48.5 Å². The van der Waals surface area contributed by atoms with Crippen LogP contribution in [0.4, 0.5) is 14.9 Å². The van der Waals surface area contributed by atoms with Crippen LogP contribution < -0.4 is 11.1 Å². The number of nitrogen functional groups attached to an aromatic ring is 1. The number of likely N-dealkylation sites (tertiary alicyclic amines) is 1. The molecule has 2 aromatic carbocycles. The van der Waals surface area contributed by atoms with Gasteiger partial charge in [-0.2, -0.15) is 0 Å². The van der Waals surface area contributed by atoms with Gasteiger partial charge in [-0.3, -0.25) is 0 Å². The van der Waals surface area contributed by atoms with Gasteiger partial charge in [0.15, 0.2) is 0 Å². The summed E-state index contributed by atoms with van der Waals surface area (Å²) >= 11 is 0. The zero-order valence-electron chi connectivity index (χ0n) is 14.2. The van der Waals surface area contributed by atoms with Gasteiger partial charge < -0.3 is 16.0 Å². The molecule has 2 amide bonds. The van der Waals surface area contributed by atoms with Gasteiger partial charge in [-0.05, 0) is 48.4 Å². The largest absolute Gasteiger partial charge is 0.396 e. The van der Waals surface area contributed by atoms with Gasteiger partial charge in [0, 0.05) is 19.6 Å². The van der Waals surface area contributed by atoms with Crippen LogP contribution >= 0.6 is 0 Å². The molecule has 2 aromatic rings. The number of nitrogens with two attached hydrogens (primary N) is 1. The Kier molecular flexibility index (Phi) is 5.53. The van der Waals surface area contributed by atoms with Crippen LogP contribution in [0.5, 0.6) is 0 Å². The van der Waals surface area contributed by atoms with Crippen molar-refractivity contribution in [1.29, 1.82) is 0 Å². The smallest absolute Gasteiger partial charge is 0.317 e. The Morgan fingerprint density at radius 1 is 1.12 bits per heavy atom. The molecule has 1 aliphatic rings. The van der Waals surface area contributed by atoms with E-state index in [1.807, 2.05) is 11.0 Å². The van der Waals surface area contributed by atoms with E-state index in [0.717, 1.165) is 32.4 Å². The van der Waals surface area contributed by atoms with Crippen molar-refractivity contribution in [2.24, 2.45) is 5.92 Å². The lowest BCUT2D eigenvalue weighted by molar-refractivity contribution is 0.170. The fourth-order valence-corrected chi connectivity index (χ4v) is 3.26. The maximum absolute atomic E-state index is 13.4. The minimum Gasteiger partial charge on any atom is -0.396 e. The summed E-state index contributed by atoms with van der Waals surface area (Å²) in [4.78, 5) is 14.1. The molecule has 3 rings (SSSR count). The van der Waals surface area contributed by atoms with E-state index in [9.17, 15) is 9.18 Å². The third kappa shape index (κ3) is 4.72. The van der Waals surface area contributed by atoms with Crippen molar-refractivity contribution in [2.45, 2.75) is 25.8 Å². The predicted molar refractivity (Wildman–Crippen MR) is 97.5 cm³/mol. The lowest BCUT2D eigenvalue weighted by Gasteiger charge is -2.32. The molecule has 0 bridgehead atoms. The zero-order valence-corrected chi connectivity index (χ0v) is 14.2. The van der Waals surface area contributed by atoms with Crippen LogP contribution in [0.3, 0.4) is 0 Å². The first-order valence-electron chi connectivity index (χ1n) is 8.72. The Balaban J connectivity index is 1.44. The number of urea groups is 1. The highest BCUT2D eigenvalue weighted by atomic mass is 19.1. The highest BCUT2D eigenvalue weighted by Gasteiger charge is 2.22. The van der Waals surface area contributed by atoms with Crippen molar-refractivity contribution in [2.75, 3.05) is 18.8 Å². The number of rotatable bonds is 4. The molecule has 25 heavy (non-hydrogen) atoms. The molecule has 1 fully saturated rings. The molecule has 0 radical (unpaired) electrons. The molecule has 0 saturated carbocycles. The normalized spacial score (nSPS) is 15.2. The maximum atomic E-state index is 13.4. The monoisotopic (exact) mass is 341 g/mol. The second-order valence-corrected chi connectivity index (χ2v) is 6.63. The van der Waals surface area contributed by atoms with Crippen molar-refractivity contribution in [1.82, 2.24) is 10.2 Å². The number of anilines is 1. The third-order valence-electron chi connectivity index (χ3n) is 4.78. The summed E-state index contributed by atoms with van der Waals surface area (Å²) in [6.45, 7) is 1.83. The first-order valence-corrected chi connectivity index (χ1v) is 8.72. The van der Waals surface area contributed by atoms with Crippen LogP contribution in [0.1, 0.15) is 24.0 Å². The zero-order chi connectivity index (χ0) is 17.6. The summed E-state index contributed by atoms with van der Waals surface area (Å²) < 4.78 is 13.4.